The van der Waals surface area contributed by atoms with Gasteiger partial charge >= 0.3 is 0 Å². The molecule has 138 valence electrons. The van der Waals surface area contributed by atoms with Gasteiger partial charge in [-0.3, -0.25) is 0 Å². The van der Waals surface area contributed by atoms with Gasteiger partial charge in [-0.05, 0) is 24.1 Å². The topological polar surface area (TPSA) is 108 Å². The Hall–Kier alpha value is -3.03. The molecule has 0 amide bonds. The number of rotatable bonds is 7. The summed E-state index contributed by atoms with van der Waals surface area (Å²) in [6.07, 6.45) is 4.04. The zero-order valence-corrected chi connectivity index (χ0v) is 15.2. The highest BCUT2D eigenvalue weighted by atomic mass is 16.5. The van der Waals surface area contributed by atoms with Gasteiger partial charge in [-0.15, -0.1) is 0 Å². The van der Waals surface area contributed by atoms with Crippen LogP contribution in [-0.4, -0.2) is 38.8 Å². The van der Waals surface area contributed by atoms with Crippen LogP contribution >= 0.6 is 0 Å². The fraction of sp³-hybridized carbons (Fsp3) is 0.389. The second-order valence-electron chi connectivity index (χ2n) is 5.99. The molecule has 8 nitrogen and oxygen atoms in total. The van der Waals surface area contributed by atoms with E-state index < -0.39 is 0 Å². The van der Waals surface area contributed by atoms with Gasteiger partial charge in [-0.25, -0.2) is 15.0 Å². The van der Waals surface area contributed by atoms with Crippen LogP contribution in [0.1, 0.15) is 31.2 Å². The molecule has 0 atom stereocenters. The Morgan fingerprint density at radius 3 is 2.46 bits per heavy atom. The molecule has 1 aromatic carbocycles. The average Bonchev–Trinajstić information content (AvgIpc) is 2.99. The fourth-order valence-electron chi connectivity index (χ4n) is 2.92. The Bertz CT molecular complexity index is 898. The summed E-state index contributed by atoms with van der Waals surface area (Å²) in [7, 11) is 3.01. The highest BCUT2D eigenvalue weighted by molar-refractivity contribution is 5.81. The molecule has 0 saturated carbocycles. The van der Waals surface area contributed by atoms with E-state index in [9.17, 15) is 5.11 Å². The minimum atomic E-state index is -0.0200. The number of nitrogen functional groups attached to an aromatic ring is 1. The van der Waals surface area contributed by atoms with Gasteiger partial charge in [0.2, 0.25) is 5.75 Å². The van der Waals surface area contributed by atoms with Crippen molar-refractivity contribution in [2.75, 3.05) is 20.0 Å². The Balaban J connectivity index is 2.07. The lowest BCUT2D eigenvalue weighted by Crippen LogP contribution is -2.06. The molecule has 0 aliphatic rings. The van der Waals surface area contributed by atoms with Crippen LogP contribution in [0.25, 0.3) is 11.2 Å². The predicted octanol–water partition coefficient (Wildman–Crippen LogP) is 2.52. The second-order valence-corrected chi connectivity index (χ2v) is 5.99. The molecule has 26 heavy (non-hydrogen) atoms. The highest BCUT2D eigenvalue weighted by Crippen LogP contribution is 2.37. The number of imidazole rings is 1. The van der Waals surface area contributed by atoms with Crippen LogP contribution < -0.4 is 15.2 Å². The summed E-state index contributed by atoms with van der Waals surface area (Å²) in [5.41, 5.74) is 8.21. The number of nitrogens with zero attached hydrogens (tertiary/aromatic N) is 4. The molecule has 3 rings (SSSR count). The first-order valence-electron chi connectivity index (χ1n) is 8.48. The van der Waals surface area contributed by atoms with Crippen LogP contribution in [-0.2, 0) is 13.0 Å². The molecule has 3 N–H and O–H groups in total. The minimum Gasteiger partial charge on any atom is -0.502 e. The van der Waals surface area contributed by atoms with Gasteiger partial charge in [0.25, 0.3) is 0 Å². The lowest BCUT2D eigenvalue weighted by Gasteiger charge is -2.12. The highest BCUT2D eigenvalue weighted by Gasteiger charge is 2.17. The van der Waals surface area contributed by atoms with Crippen LogP contribution in [0.15, 0.2) is 18.5 Å². The van der Waals surface area contributed by atoms with Crippen molar-refractivity contribution in [1.29, 1.82) is 0 Å². The average molecular weight is 357 g/mol. The maximum atomic E-state index is 10.1. The SMILES string of the molecule is CCCCn1c(Cc2cc(OC)c(O)c(OC)c2)nc2c(N)ncnc21. The summed E-state index contributed by atoms with van der Waals surface area (Å²) in [5.74, 6) is 1.89. The van der Waals surface area contributed by atoms with Crippen molar-refractivity contribution in [3.63, 3.8) is 0 Å². The molecular formula is C18H23N5O3. The molecule has 0 bridgehead atoms. The van der Waals surface area contributed by atoms with E-state index >= 15 is 0 Å². The first-order chi connectivity index (χ1) is 12.6. The van der Waals surface area contributed by atoms with Gasteiger partial charge < -0.3 is 24.9 Å². The van der Waals surface area contributed by atoms with Crippen molar-refractivity contribution in [2.45, 2.75) is 32.7 Å². The summed E-state index contributed by atoms with van der Waals surface area (Å²) in [6, 6.07) is 3.55. The van der Waals surface area contributed by atoms with Gasteiger partial charge in [-0.2, -0.15) is 0 Å². The number of nitrogens with two attached hydrogens (primary N) is 1. The van der Waals surface area contributed by atoms with E-state index in [-0.39, 0.29) is 5.75 Å². The molecule has 2 heterocycles. The van der Waals surface area contributed by atoms with Crippen LogP contribution in [0.5, 0.6) is 17.2 Å². The largest absolute Gasteiger partial charge is 0.502 e. The van der Waals surface area contributed by atoms with E-state index in [1.54, 1.807) is 12.1 Å². The maximum Gasteiger partial charge on any atom is 0.200 e. The molecule has 0 aliphatic heterocycles. The third kappa shape index (κ3) is 3.22. The quantitative estimate of drug-likeness (QED) is 0.669. The Labute approximate surface area is 151 Å². The smallest absolute Gasteiger partial charge is 0.200 e. The van der Waals surface area contributed by atoms with Crippen molar-refractivity contribution in [3.05, 3.63) is 29.8 Å². The van der Waals surface area contributed by atoms with Gasteiger partial charge in [0.05, 0.1) is 14.2 Å². The number of benzene rings is 1. The van der Waals surface area contributed by atoms with Gasteiger partial charge in [0.1, 0.15) is 12.2 Å². The van der Waals surface area contributed by atoms with Crippen LogP contribution in [0.3, 0.4) is 0 Å². The number of aryl methyl sites for hydroxylation is 1. The van der Waals surface area contributed by atoms with Crippen molar-refractivity contribution in [2.24, 2.45) is 0 Å². The molecule has 3 aromatic rings. The Kier molecular flexibility index (Phi) is 5.11. The molecule has 0 fully saturated rings. The van der Waals surface area contributed by atoms with Crippen molar-refractivity contribution < 1.29 is 14.6 Å². The molecule has 0 aliphatic carbocycles. The number of phenolic OH excluding ortho intramolecular Hbond substituents is 1. The number of fused-ring (bicyclic) bond motifs is 1. The first kappa shape index (κ1) is 17.8. The lowest BCUT2D eigenvalue weighted by atomic mass is 10.1. The zero-order chi connectivity index (χ0) is 18.7. The number of anilines is 1. The van der Waals surface area contributed by atoms with Gasteiger partial charge in [0, 0.05) is 13.0 Å². The first-order valence-corrected chi connectivity index (χ1v) is 8.48. The third-order valence-electron chi connectivity index (χ3n) is 4.28. The zero-order valence-electron chi connectivity index (χ0n) is 15.2. The molecular weight excluding hydrogens is 334 g/mol. The van der Waals surface area contributed by atoms with Crippen molar-refractivity contribution >= 4 is 17.0 Å². The summed E-state index contributed by atoms with van der Waals surface area (Å²) in [4.78, 5) is 13.1. The van der Waals surface area contributed by atoms with Gasteiger partial charge in [-0.1, -0.05) is 13.3 Å². The van der Waals surface area contributed by atoms with E-state index in [0.29, 0.717) is 29.3 Å². The van der Waals surface area contributed by atoms with Crippen molar-refractivity contribution in [1.82, 2.24) is 19.5 Å². The normalized spacial score (nSPS) is 11.0. The summed E-state index contributed by atoms with van der Waals surface area (Å²) in [6.45, 7) is 2.93. The third-order valence-corrected chi connectivity index (χ3v) is 4.28. The lowest BCUT2D eigenvalue weighted by molar-refractivity contribution is 0.339. The molecule has 2 aromatic heterocycles. The minimum absolute atomic E-state index is 0.0200. The summed E-state index contributed by atoms with van der Waals surface area (Å²) >= 11 is 0. The van der Waals surface area contributed by atoms with Crippen molar-refractivity contribution in [3.8, 4) is 17.2 Å². The second kappa shape index (κ2) is 7.47. The van der Waals surface area contributed by atoms with Crippen LogP contribution in [0.4, 0.5) is 5.82 Å². The van der Waals surface area contributed by atoms with Crippen LogP contribution in [0, 0.1) is 0 Å². The number of phenols is 1. The van der Waals surface area contributed by atoms with Crippen LogP contribution in [0.2, 0.25) is 0 Å². The summed E-state index contributed by atoms with van der Waals surface area (Å²) < 4.78 is 12.6. The Morgan fingerprint density at radius 1 is 1.15 bits per heavy atom. The molecule has 0 saturated heterocycles. The standard InChI is InChI=1S/C18H23N5O3/c1-4-5-6-23-14(22-15-17(19)20-10-21-18(15)23)9-11-7-12(25-2)16(24)13(8-11)26-3/h7-8,10,24H,4-6,9H2,1-3H3,(H2,19,20,21). The fourth-order valence-corrected chi connectivity index (χ4v) is 2.92. The number of aromatic hydroxyl groups is 1. The van der Waals surface area contributed by atoms with E-state index in [4.69, 9.17) is 15.2 Å². The van der Waals surface area contributed by atoms with E-state index in [1.165, 1.54) is 20.5 Å². The van der Waals surface area contributed by atoms with E-state index in [2.05, 4.69) is 26.4 Å². The number of methoxy groups -OCH3 is 2. The van der Waals surface area contributed by atoms with Gasteiger partial charge in [0.15, 0.2) is 28.5 Å². The number of hydrogen-bond acceptors (Lipinski definition) is 7. The number of aromatic nitrogens is 4. The van der Waals surface area contributed by atoms with E-state index in [0.717, 1.165) is 36.4 Å². The summed E-state index contributed by atoms with van der Waals surface area (Å²) in [5, 5.41) is 10.1. The van der Waals surface area contributed by atoms with E-state index in [1.807, 2.05) is 0 Å². The molecule has 0 unspecified atom stereocenters. The monoisotopic (exact) mass is 357 g/mol. The molecule has 0 spiro atoms. The number of ether oxygens (including phenoxy) is 2. The number of unbranched alkanes of at least 4 members (excludes halogenated alkanes) is 1. The molecule has 0 radical (unpaired) electrons. The number of hydrogen-bond donors (Lipinski definition) is 2. The predicted molar refractivity (Wildman–Crippen MR) is 98.7 cm³/mol. The molecule has 8 heteroatoms. The Morgan fingerprint density at radius 2 is 1.85 bits per heavy atom. The maximum absolute atomic E-state index is 10.1.